The van der Waals surface area contributed by atoms with Gasteiger partial charge >= 0.3 is 6.09 Å². The fraction of sp³-hybridized carbons (Fsp3) is 0.355. The number of fused-ring (bicyclic) bond motifs is 3. The van der Waals surface area contributed by atoms with Gasteiger partial charge in [-0.3, -0.25) is 19.3 Å². The van der Waals surface area contributed by atoms with Crippen LogP contribution in [0.3, 0.4) is 0 Å². The van der Waals surface area contributed by atoms with E-state index in [1.54, 1.807) is 55.4 Å². The van der Waals surface area contributed by atoms with Gasteiger partial charge in [0.15, 0.2) is 11.4 Å². The van der Waals surface area contributed by atoms with Crippen LogP contribution in [0, 0.1) is 16.7 Å². The fourth-order valence-corrected chi connectivity index (χ4v) is 6.78. The van der Waals surface area contributed by atoms with Crippen LogP contribution in [0.25, 0.3) is 5.76 Å². The molecule has 6 N–H and O–H groups in total. The zero-order valence-electron chi connectivity index (χ0n) is 25.0. The van der Waals surface area contributed by atoms with Gasteiger partial charge in [0, 0.05) is 43.4 Å². The molecule has 0 aliphatic heterocycles. The summed E-state index contributed by atoms with van der Waals surface area (Å²) in [6.45, 7) is -0.231. The molecule has 0 bridgehead atoms. The van der Waals surface area contributed by atoms with Crippen molar-refractivity contribution >= 4 is 40.7 Å². The number of hydrogen-bond donors (Lipinski definition) is 5. The number of primary amides is 1. The van der Waals surface area contributed by atoms with Crippen LogP contribution < -0.4 is 20.7 Å². The van der Waals surface area contributed by atoms with Crippen LogP contribution in [0.5, 0.6) is 5.75 Å². The third-order valence-corrected chi connectivity index (χ3v) is 8.73. The zero-order valence-corrected chi connectivity index (χ0v) is 25.0. The number of aliphatic hydroxyl groups is 3. The summed E-state index contributed by atoms with van der Waals surface area (Å²) in [5.41, 5.74) is 2.38. The molecule has 236 valence electrons. The highest BCUT2D eigenvalue weighted by Gasteiger charge is 2.64. The maximum absolute atomic E-state index is 14.1. The van der Waals surface area contributed by atoms with Gasteiger partial charge in [0.2, 0.25) is 5.78 Å². The number of nitroso groups, excluding NO2 is 1. The Bertz CT molecular complexity index is 1700. The summed E-state index contributed by atoms with van der Waals surface area (Å²) in [5.74, 6) is -6.72. The molecule has 5 rings (SSSR count). The van der Waals surface area contributed by atoms with Crippen LogP contribution >= 0.6 is 0 Å². The second kappa shape index (κ2) is 11.4. The van der Waals surface area contributed by atoms with E-state index < -0.39 is 64.1 Å². The Balaban J connectivity index is 1.63. The molecule has 3 aliphatic carbocycles. The van der Waals surface area contributed by atoms with Crippen molar-refractivity contribution in [3.05, 3.63) is 74.9 Å². The maximum atomic E-state index is 14.1. The first-order chi connectivity index (χ1) is 21.2. The summed E-state index contributed by atoms with van der Waals surface area (Å²) in [6.07, 6.45) is -0.749. The zero-order chi connectivity index (χ0) is 33.0. The molecular formula is C31H33N5O9. The number of Topliss-reactive ketones (excluding diaryl/α,β-unsaturated/α-hetero) is 2. The third kappa shape index (κ3) is 4.91. The number of benzene rings is 2. The summed E-state index contributed by atoms with van der Waals surface area (Å²) >= 11 is 0. The number of nitrogens with zero attached hydrogens (tertiary/aromatic N) is 3. The fourth-order valence-electron chi connectivity index (χ4n) is 6.78. The predicted molar refractivity (Wildman–Crippen MR) is 162 cm³/mol. The van der Waals surface area contributed by atoms with Gasteiger partial charge in [-0.2, -0.15) is 0 Å². The lowest BCUT2D eigenvalue weighted by molar-refractivity contribution is -0.153. The highest BCUT2D eigenvalue weighted by Crippen LogP contribution is 2.54. The first-order valence-corrected chi connectivity index (χ1v) is 14.1. The lowest BCUT2D eigenvalue weighted by Crippen LogP contribution is -2.65. The monoisotopic (exact) mass is 619 g/mol. The number of anilines is 1. The van der Waals surface area contributed by atoms with Gasteiger partial charge in [-0.15, -0.1) is 4.91 Å². The highest BCUT2D eigenvalue weighted by atomic mass is 16.6. The summed E-state index contributed by atoms with van der Waals surface area (Å²) < 4.78 is 5.25. The van der Waals surface area contributed by atoms with E-state index >= 15 is 0 Å². The molecule has 0 aromatic heterocycles. The van der Waals surface area contributed by atoms with E-state index in [0.29, 0.717) is 17.0 Å². The highest BCUT2D eigenvalue weighted by molar-refractivity contribution is 6.24. The predicted octanol–water partition coefficient (Wildman–Crippen LogP) is 2.01. The van der Waals surface area contributed by atoms with Crippen molar-refractivity contribution < 1.29 is 39.2 Å². The Morgan fingerprint density at radius 3 is 2.38 bits per heavy atom. The van der Waals surface area contributed by atoms with E-state index in [4.69, 9.17) is 10.5 Å². The minimum atomic E-state index is -2.76. The molecule has 14 nitrogen and oxygen atoms in total. The second-order valence-electron chi connectivity index (χ2n) is 11.8. The number of aliphatic hydroxyl groups excluding tert-OH is 2. The van der Waals surface area contributed by atoms with E-state index in [2.05, 4.69) is 10.5 Å². The van der Waals surface area contributed by atoms with Crippen LogP contribution in [0.4, 0.5) is 16.2 Å². The SMILES string of the molecule is CN(C)c1cc(CNC(=O)Oc2ccccc2)c(N=O)c2c1C[C@H]1C[C@H]3[C@H](N(C)C)C(=O)C(C(N)=O)=C(O)[C@@]3(O)C(=O)C1=C2O. The molecule has 1 fully saturated rings. The minimum Gasteiger partial charge on any atom is -0.508 e. The Morgan fingerprint density at radius 1 is 1.13 bits per heavy atom. The summed E-state index contributed by atoms with van der Waals surface area (Å²) in [6, 6.07) is 8.76. The molecule has 0 heterocycles. The average molecular weight is 620 g/mol. The third-order valence-electron chi connectivity index (χ3n) is 8.73. The topological polar surface area (TPSA) is 212 Å². The molecular weight excluding hydrogens is 586 g/mol. The number of ether oxygens (including phenoxy) is 1. The number of nitrogens with two attached hydrogens (primary N) is 1. The molecule has 2 amide bonds. The van der Waals surface area contributed by atoms with Crippen LogP contribution in [0.15, 0.2) is 58.5 Å². The Hall–Kier alpha value is -5.08. The van der Waals surface area contributed by atoms with Crippen LogP contribution in [-0.4, -0.2) is 83.6 Å². The number of carbonyl (C=O) groups excluding carboxylic acids is 4. The number of nitrogens with one attached hydrogen (secondary N) is 1. The van der Waals surface area contributed by atoms with Gasteiger partial charge in [-0.1, -0.05) is 18.2 Å². The number of rotatable bonds is 7. The molecule has 14 heteroatoms. The lowest BCUT2D eigenvalue weighted by Gasteiger charge is -2.50. The van der Waals surface area contributed by atoms with E-state index in [1.165, 1.54) is 19.0 Å². The molecule has 3 aliphatic rings. The smallest absolute Gasteiger partial charge is 0.412 e. The lowest BCUT2D eigenvalue weighted by atomic mass is 9.57. The van der Waals surface area contributed by atoms with Gasteiger partial charge in [-0.05, 0) is 61.8 Å². The average Bonchev–Trinajstić information content (AvgIpc) is 2.97. The van der Waals surface area contributed by atoms with E-state index in [0.717, 1.165) is 0 Å². The van der Waals surface area contributed by atoms with Crippen molar-refractivity contribution in [2.45, 2.75) is 31.0 Å². The molecule has 0 radical (unpaired) electrons. The van der Waals surface area contributed by atoms with E-state index in [9.17, 15) is 39.4 Å². The number of hydrogen-bond acceptors (Lipinski definition) is 12. The normalized spacial score (nSPS) is 24.1. The number of amides is 2. The van der Waals surface area contributed by atoms with Crippen molar-refractivity contribution in [1.82, 2.24) is 10.2 Å². The van der Waals surface area contributed by atoms with Gasteiger partial charge in [0.25, 0.3) is 5.91 Å². The molecule has 2 aromatic carbocycles. The Kier molecular flexibility index (Phi) is 7.97. The molecule has 45 heavy (non-hydrogen) atoms. The van der Waals surface area contributed by atoms with Crippen molar-refractivity contribution in [1.29, 1.82) is 0 Å². The van der Waals surface area contributed by atoms with Crippen LogP contribution in [-0.2, 0) is 27.3 Å². The molecule has 0 saturated heterocycles. The Labute approximate surface area is 257 Å². The van der Waals surface area contributed by atoms with Crippen molar-refractivity contribution in [3.8, 4) is 5.75 Å². The van der Waals surface area contributed by atoms with Crippen LogP contribution in [0.1, 0.15) is 23.1 Å². The first kappa shape index (κ1) is 31.3. The van der Waals surface area contributed by atoms with Gasteiger partial charge < -0.3 is 36.0 Å². The number of para-hydroxylation sites is 1. The standard InChI is InChI=1S/C31H33N5O9/c1-35(2)19-12-15(13-33-30(42)45-16-8-6-5-7-9-16)23(34-44)21-17(19)10-14-11-18-24(36(3)4)26(38)22(29(32)41)28(40)31(18,43)27(39)20(14)25(21)37/h5-9,12,14,18,24,37,40,43H,10-11,13H2,1-4H3,(H2,32,41)(H,33,42)/t14-,18-,24-,31-/m0/s1. The van der Waals surface area contributed by atoms with Crippen molar-refractivity contribution in [2.24, 2.45) is 22.7 Å². The molecule has 4 atom stereocenters. The largest absolute Gasteiger partial charge is 0.508 e. The number of carbonyl (C=O) groups is 4. The molecule has 1 saturated carbocycles. The van der Waals surface area contributed by atoms with E-state index in [1.807, 2.05) is 0 Å². The maximum Gasteiger partial charge on any atom is 0.412 e. The van der Waals surface area contributed by atoms with Gasteiger partial charge in [0.05, 0.1) is 11.6 Å². The van der Waals surface area contributed by atoms with Gasteiger partial charge in [0.1, 0.15) is 28.5 Å². The molecule has 0 unspecified atom stereocenters. The second-order valence-corrected chi connectivity index (χ2v) is 11.8. The number of ketones is 2. The summed E-state index contributed by atoms with van der Waals surface area (Å²) in [7, 11) is 6.54. The number of likely N-dealkylation sites (N-methyl/N-ethyl adjacent to an activating group) is 1. The van der Waals surface area contributed by atoms with Crippen molar-refractivity contribution in [2.75, 3.05) is 33.1 Å². The quantitative estimate of drug-likeness (QED) is 0.223. The van der Waals surface area contributed by atoms with Crippen molar-refractivity contribution in [3.63, 3.8) is 0 Å². The first-order valence-electron chi connectivity index (χ1n) is 14.1. The summed E-state index contributed by atoms with van der Waals surface area (Å²) in [5, 5.41) is 40.3. The van der Waals surface area contributed by atoms with E-state index in [-0.39, 0.29) is 41.8 Å². The molecule has 0 spiro atoms. The summed E-state index contributed by atoms with van der Waals surface area (Å²) in [4.78, 5) is 67.6. The minimum absolute atomic E-state index is 0.0445. The molecule has 2 aromatic rings. The van der Waals surface area contributed by atoms with Crippen LogP contribution in [0.2, 0.25) is 0 Å². The Morgan fingerprint density at radius 2 is 1.80 bits per heavy atom. The van der Waals surface area contributed by atoms with Gasteiger partial charge in [-0.25, -0.2) is 4.79 Å².